The zero-order valence-corrected chi connectivity index (χ0v) is 21.2. The van der Waals surface area contributed by atoms with Crippen LogP contribution in [-0.2, 0) is 0 Å². The molecule has 0 bridgehead atoms. The third-order valence-corrected chi connectivity index (χ3v) is 7.25. The van der Waals surface area contributed by atoms with Gasteiger partial charge in [0.25, 0.3) is 0 Å². The van der Waals surface area contributed by atoms with Crippen LogP contribution in [0.15, 0.2) is 66.9 Å². The molecular weight excluding hydrogens is 496 g/mol. The van der Waals surface area contributed by atoms with Gasteiger partial charge in [0.05, 0.1) is 23.5 Å². The van der Waals surface area contributed by atoms with Crippen LogP contribution in [0.5, 0.6) is 17.2 Å². The molecular formula is C27H23ClN4O3S. The maximum atomic E-state index is 10.8. The molecule has 1 fully saturated rings. The summed E-state index contributed by atoms with van der Waals surface area (Å²) >= 11 is 12.1. The summed E-state index contributed by atoms with van der Waals surface area (Å²) in [5, 5.41) is 15.2. The Labute approximate surface area is 218 Å². The number of pyridine rings is 1. The number of halogens is 1. The van der Waals surface area contributed by atoms with Gasteiger partial charge in [0.1, 0.15) is 5.75 Å². The van der Waals surface area contributed by atoms with E-state index >= 15 is 0 Å². The second kappa shape index (κ2) is 8.72. The predicted molar refractivity (Wildman–Crippen MR) is 142 cm³/mol. The molecule has 9 heteroatoms. The molecule has 2 aromatic carbocycles. The quantitative estimate of drug-likeness (QED) is 0.333. The number of aryl methyl sites for hydroxylation is 1. The number of hydrogen-bond donors (Lipinski definition) is 2. The highest BCUT2D eigenvalue weighted by molar-refractivity contribution is 7.80. The van der Waals surface area contributed by atoms with E-state index in [9.17, 15) is 5.11 Å². The van der Waals surface area contributed by atoms with E-state index in [4.69, 9.17) is 33.3 Å². The molecule has 6 rings (SSSR count). The van der Waals surface area contributed by atoms with Gasteiger partial charge in [-0.3, -0.25) is 4.98 Å². The topological polar surface area (TPSA) is 71.8 Å². The van der Waals surface area contributed by atoms with Crippen molar-refractivity contribution in [2.24, 2.45) is 0 Å². The average Bonchev–Trinajstić information content (AvgIpc) is 3.56. The number of thiocarbonyl (C=S) groups is 1. The number of nitrogens with one attached hydrogen (secondary N) is 1. The molecule has 0 unspecified atom stereocenters. The minimum atomic E-state index is -0.286. The van der Waals surface area contributed by atoms with Gasteiger partial charge in [0.2, 0.25) is 6.79 Å². The Morgan fingerprint density at radius 1 is 1.06 bits per heavy atom. The fourth-order valence-corrected chi connectivity index (χ4v) is 5.63. The number of anilines is 1. The monoisotopic (exact) mass is 518 g/mol. The van der Waals surface area contributed by atoms with Crippen molar-refractivity contribution < 1.29 is 14.6 Å². The first-order valence-electron chi connectivity index (χ1n) is 11.5. The van der Waals surface area contributed by atoms with E-state index in [0.29, 0.717) is 15.8 Å². The van der Waals surface area contributed by atoms with Crippen LogP contribution in [-0.4, -0.2) is 26.6 Å². The first kappa shape index (κ1) is 22.7. The lowest BCUT2D eigenvalue weighted by atomic mass is 9.96. The largest absolute Gasteiger partial charge is 0.506 e. The van der Waals surface area contributed by atoms with Gasteiger partial charge in [-0.15, -0.1) is 0 Å². The fourth-order valence-electron chi connectivity index (χ4n) is 5.13. The van der Waals surface area contributed by atoms with Gasteiger partial charge in [-0.2, -0.15) is 0 Å². The summed E-state index contributed by atoms with van der Waals surface area (Å²) in [6, 6.07) is 18.4. The SMILES string of the molecule is Cc1cc([C@H]2[C@@H](c3ccccn3)NC(=S)N2c2cc(Cl)ccc2O)c(C)n1-c1ccc2c(c1)OCO2. The molecule has 2 aromatic heterocycles. The van der Waals surface area contributed by atoms with Crippen molar-refractivity contribution in [1.29, 1.82) is 0 Å². The van der Waals surface area contributed by atoms with Gasteiger partial charge in [-0.25, -0.2) is 0 Å². The molecule has 2 aliphatic rings. The minimum absolute atomic E-state index is 0.0970. The number of aromatic hydroxyl groups is 1. The highest BCUT2D eigenvalue weighted by Crippen LogP contribution is 2.46. The molecule has 182 valence electrons. The number of phenols is 1. The summed E-state index contributed by atoms with van der Waals surface area (Å²) in [5.41, 5.74) is 5.50. The maximum absolute atomic E-state index is 10.8. The van der Waals surface area contributed by atoms with Crippen molar-refractivity contribution in [2.45, 2.75) is 25.9 Å². The van der Waals surface area contributed by atoms with Crippen LogP contribution in [0.25, 0.3) is 5.69 Å². The lowest BCUT2D eigenvalue weighted by molar-refractivity contribution is 0.174. The predicted octanol–water partition coefficient (Wildman–Crippen LogP) is 5.75. The van der Waals surface area contributed by atoms with Crippen LogP contribution in [0.1, 0.15) is 34.7 Å². The molecule has 4 heterocycles. The summed E-state index contributed by atoms with van der Waals surface area (Å²) in [6.07, 6.45) is 1.77. The van der Waals surface area contributed by atoms with Gasteiger partial charge < -0.3 is 29.4 Å². The molecule has 1 saturated heterocycles. The molecule has 0 saturated carbocycles. The van der Waals surface area contributed by atoms with E-state index in [1.807, 2.05) is 41.3 Å². The molecule has 2 atom stereocenters. The number of fused-ring (bicyclic) bond motifs is 1. The molecule has 2 N–H and O–H groups in total. The first-order valence-corrected chi connectivity index (χ1v) is 12.3. The summed E-state index contributed by atoms with van der Waals surface area (Å²) < 4.78 is 13.3. The van der Waals surface area contributed by atoms with Gasteiger partial charge in [-0.1, -0.05) is 17.7 Å². The smallest absolute Gasteiger partial charge is 0.231 e. The van der Waals surface area contributed by atoms with E-state index in [0.717, 1.165) is 39.8 Å². The van der Waals surface area contributed by atoms with Crippen molar-refractivity contribution in [2.75, 3.05) is 11.7 Å². The Bertz CT molecular complexity index is 1490. The van der Waals surface area contributed by atoms with Crippen molar-refractivity contribution in [3.05, 3.63) is 94.5 Å². The second-order valence-corrected chi connectivity index (χ2v) is 9.65. The maximum Gasteiger partial charge on any atom is 0.231 e. The second-order valence-electron chi connectivity index (χ2n) is 8.83. The Morgan fingerprint density at radius 3 is 2.69 bits per heavy atom. The van der Waals surface area contributed by atoms with E-state index in [1.165, 1.54) is 0 Å². The Balaban J connectivity index is 1.52. The van der Waals surface area contributed by atoms with Gasteiger partial charge in [-0.05, 0) is 80.2 Å². The zero-order valence-electron chi connectivity index (χ0n) is 19.6. The Hall–Kier alpha value is -3.75. The van der Waals surface area contributed by atoms with E-state index in [1.54, 1.807) is 24.4 Å². The third-order valence-electron chi connectivity index (χ3n) is 6.70. The molecule has 0 aliphatic carbocycles. The van der Waals surface area contributed by atoms with Gasteiger partial charge in [0.15, 0.2) is 16.6 Å². The summed E-state index contributed by atoms with van der Waals surface area (Å²) in [5.74, 6) is 1.56. The number of hydrogen-bond acceptors (Lipinski definition) is 5. The Morgan fingerprint density at radius 2 is 1.89 bits per heavy atom. The van der Waals surface area contributed by atoms with Crippen LogP contribution in [0.3, 0.4) is 0 Å². The highest BCUT2D eigenvalue weighted by atomic mass is 35.5. The molecule has 0 spiro atoms. The van der Waals surface area contributed by atoms with Crippen molar-refractivity contribution in [3.63, 3.8) is 0 Å². The zero-order chi connectivity index (χ0) is 25.0. The number of nitrogens with zero attached hydrogens (tertiary/aromatic N) is 3. The number of benzene rings is 2. The lowest BCUT2D eigenvalue weighted by Crippen LogP contribution is -2.29. The fraction of sp³-hybridized carbons (Fsp3) is 0.185. The van der Waals surface area contributed by atoms with Gasteiger partial charge >= 0.3 is 0 Å². The molecule has 4 aromatic rings. The number of ether oxygens (including phenoxy) is 2. The Kier molecular flexibility index (Phi) is 5.50. The lowest BCUT2D eigenvalue weighted by Gasteiger charge is -2.28. The van der Waals surface area contributed by atoms with E-state index < -0.39 is 0 Å². The van der Waals surface area contributed by atoms with Crippen LogP contribution >= 0.6 is 23.8 Å². The molecule has 2 aliphatic heterocycles. The number of rotatable bonds is 4. The molecule has 36 heavy (non-hydrogen) atoms. The van der Waals surface area contributed by atoms with E-state index in [2.05, 4.69) is 34.8 Å². The van der Waals surface area contributed by atoms with Gasteiger partial charge in [0, 0.05) is 34.4 Å². The molecule has 7 nitrogen and oxygen atoms in total. The first-order chi connectivity index (χ1) is 17.4. The van der Waals surface area contributed by atoms with Crippen LogP contribution in [0, 0.1) is 13.8 Å². The van der Waals surface area contributed by atoms with Crippen LogP contribution in [0.2, 0.25) is 5.02 Å². The number of aromatic nitrogens is 2. The third kappa shape index (κ3) is 3.65. The summed E-state index contributed by atoms with van der Waals surface area (Å²) in [6.45, 7) is 4.38. The van der Waals surface area contributed by atoms with Crippen molar-refractivity contribution in [1.82, 2.24) is 14.9 Å². The summed E-state index contributed by atoms with van der Waals surface area (Å²) in [4.78, 5) is 6.55. The molecule has 0 radical (unpaired) electrons. The van der Waals surface area contributed by atoms with E-state index in [-0.39, 0.29) is 24.6 Å². The van der Waals surface area contributed by atoms with Crippen LogP contribution < -0.4 is 19.7 Å². The normalized spacial score (nSPS) is 18.5. The van der Waals surface area contributed by atoms with Crippen LogP contribution in [0.4, 0.5) is 5.69 Å². The number of phenolic OH excluding ortho intramolecular Hbond substituents is 1. The molecule has 0 amide bonds. The van der Waals surface area contributed by atoms with Crippen molar-refractivity contribution >= 4 is 34.6 Å². The van der Waals surface area contributed by atoms with Crippen molar-refractivity contribution in [3.8, 4) is 22.9 Å². The highest BCUT2D eigenvalue weighted by Gasteiger charge is 2.43. The average molecular weight is 519 g/mol. The standard InChI is InChI=1S/C27H23ClN4O3S/c1-15-11-19(16(2)31(15)18-7-9-23-24(13-18)35-14-34-23)26-25(20-5-3-4-10-29-20)30-27(36)32(26)21-12-17(28)6-8-22(21)33/h3-13,25-26,33H,14H2,1-2H3,(H,30,36)/t25-,26+/m1/s1. The summed E-state index contributed by atoms with van der Waals surface area (Å²) in [7, 11) is 0. The minimum Gasteiger partial charge on any atom is -0.506 e.